The number of hydrogen-bond donors (Lipinski definition) is 1. The van der Waals surface area contributed by atoms with Gasteiger partial charge in [0.05, 0.1) is 53.8 Å². The van der Waals surface area contributed by atoms with Gasteiger partial charge in [-0.1, -0.05) is 15.9 Å². The summed E-state index contributed by atoms with van der Waals surface area (Å²) in [6.45, 7) is 7.21. The Balaban J connectivity index is 0.000000240. The van der Waals surface area contributed by atoms with Gasteiger partial charge in [-0.05, 0) is 26.0 Å². The van der Waals surface area contributed by atoms with Crippen molar-refractivity contribution in [2.24, 2.45) is 0 Å². The van der Waals surface area contributed by atoms with Crippen molar-refractivity contribution in [2.45, 2.75) is 26.7 Å². The minimum absolute atomic E-state index is 0.00962. The Labute approximate surface area is 245 Å². The number of nitrogens with zero attached hydrogens (tertiary/aromatic N) is 3. The summed E-state index contributed by atoms with van der Waals surface area (Å²) in [6.07, 6.45) is 0.712. The molecule has 0 aliphatic carbocycles. The number of nitro groups is 2. The first-order chi connectivity index (χ1) is 19.7. The summed E-state index contributed by atoms with van der Waals surface area (Å²) in [6, 6.07) is 9.00. The topological polar surface area (TPSA) is 173 Å². The maximum Gasteiger partial charge on any atom is 0.307 e. The number of carbonyl (C=O) groups is 2. The van der Waals surface area contributed by atoms with Crippen molar-refractivity contribution >= 4 is 50.6 Å². The number of halogens is 1. The number of nitro benzene ring substituents is 2. The van der Waals surface area contributed by atoms with E-state index in [-0.39, 0.29) is 29.7 Å². The van der Waals surface area contributed by atoms with Crippen LogP contribution in [0.3, 0.4) is 0 Å². The monoisotopic (exact) mass is 640 g/mol. The molecule has 0 spiro atoms. The molecule has 1 N–H and O–H groups in total. The second-order valence-electron chi connectivity index (χ2n) is 8.26. The van der Waals surface area contributed by atoms with Crippen LogP contribution in [-0.2, 0) is 19.1 Å². The Hall–Kier alpha value is -4.14. The van der Waals surface area contributed by atoms with Gasteiger partial charge in [0.1, 0.15) is 24.7 Å². The van der Waals surface area contributed by atoms with Gasteiger partial charge in [0, 0.05) is 42.7 Å². The Morgan fingerprint density at radius 1 is 0.927 bits per heavy atom. The standard InChI is InChI=1S/C13H16N2O5.C8H8N2O3.C5H9BrO2/c1-2-19-13(16)5-6-14-7-8-20-12-4-3-10(15(17)18)9-11(12)14;11-10(12)6-1-2-8-7(5-6)9-3-4-13-8;1-2-8-5(7)3-4-6/h3-4,9H,2,5-8H2,1H3;1-2,5,9H,3-4H2;2-4H2,1H3. The smallest absolute Gasteiger partial charge is 0.307 e. The molecule has 2 heterocycles. The van der Waals surface area contributed by atoms with Gasteiger partial charge in [0.25, 0.3) is 11.4 Å². The average molecular weight is 641 g/mol. The fraction of sp³-hybridized carbons (Fsp3) is 0.462. The Bertz CT molecular complexity index is 1190. The van der Waals surface area contributed by atoms with E-state index < -0.39 is 9.85 Å². The molecule has 224 valence electrons. The molecule has 0 saturated heterocycles. The van der Waals surface area contributed by atoms with Crippen LogP contribution in [0.25, 0.3) is 0 Å². The molecule has 0 saturated carbocycles. The highest BCUT2D eigenvalue weighted by molar-refractivity contribution is 9.09. The van der Waals surface area contributed by atoms with Gasteiger partial charge in [-0.3, -0.25) is 29.8 Å². The number of rotatable bonds is 9. The van der Waals surface area contributed by atoms with E-state index in [1.165, 1.54) is 24.3 Å². The predicted molar refractivity (Wildman–Crippen MR) is 154 cm³/mol. The summed E-state index contributed by atoms with van der Waals surface area (Å²) >= 11 is 3.12. The first-order valence-corrected chi connectivity index (χ1v) is 14.0. The highest BCUT2D eigenvalue weighted by Crippen LogP contribution is 2.35. The molecule has 41 heavy (non-hydrogen) atoms. The van der Waals surface area contributed by atoms with Gasteiger partial charge in [0.15, 0.2) is 0 Å². The van der Waals surface area contributed by atoms with E-state index in [1.54, 1.807) is 26.0 Å². The lowest BCUT2D eigenvalue weighted by Crippen LogP contribution is -2.34. The summed E-state index contributed by atoms with van der Waals surface area (Å²) in [7, 11) is 0. The number of hydrogen-bond acceptors (Lipinski definition) is 12. The maximum atomic E-state index is 11.4. The van der Waals surface area contributed by atoms with Gasteiger partial charge in [-0.25, -0.2) is 0 Å². The quantitative estimate of drug-likeness (QED) is 0.176. The zero-order valence-electron chi connectivity index (χ0n) is 22.8. The van der Waals surface area contributed by atoms with Crippen molar-refractivity contribution in [2.75, 3.05) is 61.6 Å². The molecule has 0 unspecified atom stereocenters. The number of nitrogens with one attached hydrogen (secondary N) is 1. The summed E-state index contributed by atoms with van der Waals surface area (Å²) < 4.78 is 20.2. The molecule has 0 radical (unpaired) electrons. The second kappa shape index (κ2) is 17.5. The lowest BCUT2D eigenvalue weighted by atomic mass is 10.2. The second-order valence-corrected chi connectivity index (χ2v) is 9.05. The molecule has 0 amide bonds. The average Bonchev–Trinajstić information content (AvgIpc) is 2.96. The fourth-order valence-corrected chi connectivity index (χ4v) is 3.94. The summed E-state index contributed by atoms with van der Waals surface area (Å²) in [5.41, 5.74) is 1.43. The number of non-ortho nitro benzene ring substituents is 2. The van der Waals surface area contributed by atoms with Crippen LogP contribution in [0.15, 0.2) is 36.4 Å². The van der Waals surface area contributed by atoms with Gasteiger partial charge in [-0.2, -0.15) is 0 Å². The van der Waals surface area contributed by atoms with E-state index in [4.69, 9.17) is 14.2 Å². The normalized spacial score (nSPS) is 12.6. The molecule has 2 aliphatic heterocycles. The van der Waals surface area contributed by atoms with Crippen molar-refractivity contribution in [1.29, 1.82) is 0 Å². The summed E-state index contributed by atoms with van der Waals surface area (Å²) in [4.78, 5) is 44.1. The number of ether oxygens (including phenoxy) is 4. The van der Waals surface area contributed by atoms with Gasteiger partial charge in [0.2, 0.25) is 0 Å². The van der Waals surface area contributed by atoms with Gasteiger partial charge >= 0.3 is 11.9 Å². The summed E-state index contributed by atoms with van der Waals surface area (Å²) in [5, 5.41) is 25.0. The molecule has 2 aliphatic rings. The molecule has 0 bridgehead atoms. The Morgan fingerprint density at radius 2 is 1.51 bits per heavy atom. The number of carbonyl (C=O) groups excluding carboxylic acids is 2. The largest absolute Gasteiger partial charge is 0.490 e. The van der Waals surface area contributed by atoms with Gasteiger partial charge in [-0.15, -0.1) is 0 Å². The minimum Gasteiger partial charge on any atom is -0.490 e. The van der Waals surface area contributed by atoms with Crippen molar-refractivity contribution in [3.05, 3.63) is 56.6 Å². The van der Waals surface area contributed by atoms with E-state index in [9.17, 15) is 29.8 Å². The van der Waals surface area contributed by atoms with Crippen molar-refractivity contribution in [3.63, 3.8) is 0 Å². The number of esters is 2. The van der Waals surface area contributed by atoms with E-state index in [0.717, 1.165) is 0 Å². The van der Waals surface area contributed by atoms with Crippen LogP contribution in [0.1, 0.15) is 26.7 Å². The van der Waals surface area contributed by atoms with Crippen LogP contribution in [0, 0.1) is 20.2 Å². The third-order valence-corrected chi connectivity index (χ3v) is 5.85. The van der Waals surface area contributed by atoms with Crippen molar-refractivity contribution in [1.82, 2.24) is 0 Å². The molecule has 4 rings (SSSR count). The van der Waals surface area contributed by atoms with Crippen LogP contribution in [0.4, 0.5) is 22.7 Å². The summed E-state index contributed by atoms with van der Waals surface area (Å²) in [5.74, 6) is 0.873. The van der Waals surface area contributed by atoms with Crippen molar-refractivity contribution < 1.29 is 38.4 Å². The molecule has 0 aromatic heterocycles. The van der Waals surface area contributed by atoms with Crippen LogP contribution < -0.4 is 19.7 Å². The molecular formula is C26H33BrN4O10. The predicted octanol–water partition coefficient (Wildman–Crippen LogP) is 4.48. The zero-order chi connectivity index (χ0) is 30.2. The van der Waals surface area contributed by atoms with Crippen molar-refractivity contribution in [3.8, 4) is 11.5 Å². The highest BCUT2D eigenvalue weighted by atomic mass is 79.9. The third kappa shape index (κ3) is 11.1. The van der Waals surface area contributed by atoms with E-state index >= 15 is 0 Å². The first-order valence-electron chi connectivity index (χ1n) is 12.9. The zero-order valence-corrected chi connectivity index (χ0v) is 24.4. The maximum absolute atomic E-state index is 11.4. The Kier molecular flexibility index (Phi) is 14.1. The minimum atomic E-state index is -0.446. The fourth-order valence-electron chi connectivity index (χ4n) is 3.62. The van der Waals surface area contributed by atoms with E-state index in [1.807, 2.05) is 4.90 Å². The molecule has 15 heteroatoms. The molecule has 14 nitrogen and oxygen atoms in total. The molecule has 2 aromatic carbocycles. The first kappa shape index (κ1) is 33.1. The highest BCUT2D eigenvalue weighted by Gasteiger charge is 2.22. The number of benzene rings is 2. The molecule has 0 fully saturated rings. The van der Waals surface area contributed by atoms with Crippen LogP contribution in [-0.4, -0.2) is 73.2 Å². The number of anilines is 2. The van der Waals surface area contributed by atoms with Gasteiger partial charge < -0.3 is 29.2 Å². The van der Waals surface area contributed by atoms with E-state index in [0.29, 0.717) is 80.7 Å². The van der Waals surface area contributed by atoms with Crippen LogP contribution in [0.5, 0.6) is 11.5 Å². The van der Waals surface area contributed by atoms with Crippen LogP contribution in [0.2, 0.25) is 0 Å². The third-order valence-electron chi connectivity index (χ3n) is 5.46. The molecule has 2 aromatic rings. The molecular weight excluding hydrogens is 608 g/mol. The Morgan fingerprint density at radius 3 is 2.12 bits per heavy atom. The van der Waals surface area contributed by atoms with Crippen LogP contribution >= 0.6 is 15.9 Å². The number of alkyl halides is 1. The lowest BCUT2D eigenvalue weighted by Gasteiger charge is -2.30. The lowest BCUT2D eigenvalue weighted by molar-refractivity contribution is -0.385. The SMILES string of the molecule is CCOC(=O)CCBr.CCOC(=O)CCN1CCOc2ccc([N+](=O)[O-])cc21.O=[N+]([O-])c1ccc2c(c1)NCCO2. The molecule has 0 atom stereocenters. The number of fused-ring (bicyclic) bond motifs is 2. The van der Waals surface area contributed by atoms with E-state index in [2.05, 4.69) is 26.0 Å².